The molecule has 0 saturated heterocycles. The van der Waals surface area contributed by atoms with Crippen molar-refractivity contribution in [1.82, 2.24) is 0 Å². The van der Waals surface area contributed by atoms with Gasteiger partial charge in [-0.2, -0.15) is 0 Å². The SMILES string of the molecule is Cc1ccc(Cl)cc1NC1CCC(C)C1. The summed E-state index contributed by atoms with van der Waals surface area (Å²) in [5.41, 5.74) is 2.47. The lowest BCUT2D eigenvalue weighted by Crippen LogP contribution is -2.15. The first-order valence-corrected chi connectivity index (χ1v) is 6.05. The summed E-state index contributed by atoms with van der Waals surface area (Å²) >= 11 is 5.99. The summed E-state index contributed by atoms with van der Waals surface area (Å²) in [6, 6.07) is 6.68. The number of nitrogens with one attached hydrogen (secondary N) is 1. The van der Waals surface area contributed by atoms with Crippen LogP contribution in [0.25, 0.3) is 0 Å². The van der Waals surface area contributed by atoms with Gasteiger partial charge in [0.05, 0.1) is 0 Å². The predicted molar refractivity (Wildman–Crippen MR) is 66.6 cm³/mol. The fraction of sp³-hybridized carbons (Fsp3) is 0.538. The van der Waals surface area contributed by atoms with Crippen LogP contribution in [0.4, 0.5) is 5.69 Å². The van der Waals surface area contributed by atoms with Crippen LogP contribution in [0.3, 0.4) is 0 Å². The van der Waals surface area contributed by atoms with Crippen molar-refractivity contribution in [2.24, 2.45) is 5.92 Å². The summed E-state index contributed by atoms with van der Waals surface area (Å²) in [6.45, 7) is 4.45. The Hall–Kier alpha value is -0.690. The number of hydrogen-bond donors (Lipinski definition) is 1. The Morgan fingerprint density at radius 1 is 1.33 bits per heavy atom. The van der Waals surface area contributed by atoms with Gasteiger partial charge in [-0.25, -0.2) is 0 Å². The van der Waals surface area contributed by atoms with Crippen molar-refractivity contribution in [3.8, 4) is 0 Å². The molecule has 1 aliphatic rings. The molecule has 0 radical (unpaired) electrons. The Bertz CT molecular complexity index is 348. The highest BCUT2D eigenvalue weighted by Gasteiger charge is 2.21. The maximum atomic E-state index is 5.99. The summed E-state index contributed by atoms with van der Waals surface area (Å²) in [5.74, 6) is 0.863. The predicted octanol–water partition coefficient (Wildman–Crippen LogP) is 4.25. The third kappa shape index (κ3) is 2.66. The molecular weight excluding hydrogens is 206 g/mol. The zero-order chi connectivity index (χ0) is 10.8. The van der Waals surface area contributed by atoms with E-state index in [0.717, 1.165) is 10.9 Å². The maximum Gasteiger partial charge on any atom is 0.0426 e. The van der Waals surface area contributed by atoms with Gasteiger partial charge in [0.15, 0.2) is 0 Å². The minimum Gasteiger partial charge on any atom is -0.382 e. The fourth-order valence-electron chi connectivity index (χ4n) is 2.31. The first-order valence-electron chi connectivity index (χ1n) is 5.68. The molecule has 0 spiro atoms. The molecule has 2 heteroatoms. The number of benzene rings is 1. The lowest BCUT2D eigenvalue weighted by Gasteiger charge is -2.16. The van der Waals surface area contributed by atoms with Crippen LogP contribution < -0.4 is 5.32 Å². The highest BCUT2D eigenvalue weighted by Crippen LogP contribution is 2.29. The summed E-state index contributed by atoms with van der Waals surface area (Å²) in [6.07, 6.45) is 3.91. The van der Waals surface area contributed by atoms with Crippen molar-refractivity contribution in [2.75, 3.05) is 5.32 Å². The van der Waals surface area contributed by atoms with E-state index in [-0.39, 0.29) is 0 Å². The second-order valence-electron chi connectivity index (χ2n) is 4.72. The summed E-state index contributed by atoms with van der Waals surface area (Å²) < 4.78 is 0. The van der Waals surface area contributed by atoms with E-state index >= 15 is 0 Å². The molecule has 0 aromatic heterocycles. The standard InChI is InChI=1S/C13H18ClN/c1-9-3-6-12(7-9)15-13-8-11(14)5-4-10(13)2/h4-5,8-9,12,15H,3,6-7H2,1-2H3. The second kappa shape index (κ2) is 4.44. The number of halogens is 1. The highest BCUT2D eigenvalue weighted by molar-refractivity contribution is 6.30. The summed E-state index contributed by atoms with van der Waals surface area (Å²) in [5, 5.41) is 4.41. The van der Waals surface area contributed by atoms with Crippen molar-refractivity contribution < 1.29 is 0 Å². The molecule has 0 bridgehead atoms. The van der Waals surface area contributed by atoms with Crippen LogP contribution in [0.1, 0.15) is 31.7 Å². The monoisotopic (exact) mass is 223 g/mol. The highest BCUT2D eigenvalue weighted by atomic mass is 35.5. The molecular formula is C13H18ClN. The fourth-order valence-corrected chi connectivity index (χ4v) is 2.48. The van der Waals surface area contributed by atoms with Gasteiger partial charge in [-0.1, -0.05) is 24.6 Å². The third-order valence-electron chi connectivity index (χ3n) is 3.25. The maximum absolute atomic E-state index is 5.99. The molecule has 1 fully saturated rings. The molecule has 2 rings (SSSR count). The molecule has 1 aliphatic carbocycles. The molecule has 1 nitrogen and oxygen atoms in total. The van der Waals surface area contributed by atoms with Crippen molar-refractivity contribution in [3.63, 3.8) is 0 Å². The number of hydrogen-bond acceptors (Lipinski definition) is 1. The van der Waals surface area contributed by atoms with Crippen molar-refractivity contribution >= 4 is 17.3 Å². The van der Waals surface area contributed by atoms with Gasteiger partial charge in [0, 0.05) is 16.8 Å². The van der Waals surface area contributed by atoms with Gasteiger partial charge in [-0.3, -0.25) is 0 Å². The van der Waals surface area contributed by atoms with Crippen molar-refractivity contribution in [2.45, 2.75) is 39.2 Å². The molecule has 82 valence electrons. The quantitative estimate of drug-likeness (QED) is 0.791. The van der Waals surface area contributed by atoms with Gasteiger partial charge in [-0.05, 0) is 49.8 Å². The molecule has 1 N–H and O–H groups in total. The molecule has 0 aliphatic heterocycles. The minimum absolute atomic E-state index is 0.636. The average Bonchev–Trinajstić information content (AvgIpc) is 2.58. The first-order chi connectivity index (χ1) is 7.15. The Balaban J connectivity index is 2.07. The molecule has 0 heterocycles. The summed E-state index contributed by atoms with van der Waals surface area (Å²) in [7, 11) is 0. The Labute approximate surface area is 96.8 Å². The van der Waals surface area contributed by atoms with E-state index in [9.17, 15) is 0 Å². The molecule has 1 aromatic carbocycles. The van der Waals surface area contributed by atoms with E-state index in [1.165, 1.54) is 30.5 Å². The van der Waals surface area contributed by atoms with E-state index in [1.807, 2.05) is 12.1 Å². The van der Waals surface area contributed by atoms with E-state index in [1.54, 1.807) is 0 Å². The molecule has 2 atom stereocenters. The lowest BCUT2D eigenvalue weighted by molar-refractivity contribution is 0.602. The minimum atomic E-state index is 0.636. The van der Waals surface area contributed by atoms with Gasteiger partial charge in [0.25, 0.3) is 0 Å². The van der Waals surface area contributed by atoms with E-state index in [2.05, 4.69) is 25.2 Å². The smallest absolute Gasteiger partial charge is 0.0426 e. The number of aryl methyl sites for hydroxylation is 1. The topological polar surface area (TPSA) is 12.0 Å². The lowest BCUT2D eigenvalue weighted by atomic mass is 10.1. The van der Waals surface area contributed by atoms with E-state index < -0.39 is 0 Å². The second-order valence-corrected chi connectivity index (χ2v) is 5.16. The van der Waals surface area contributed by atoms with Crippen LogP contribution >= 0.6 is 11.6 Å². The van der Waals surface area contributed by atoms with Gasteiger partial charge in [0.2, 0.25) is 0 Å². The van der Waals surface area contributed by atoms with Crippen molar-refractivity contribution in [1.29, 1.82) is 0 Å². The molecule has 2 unspecified atom stereocenters. The van der Waals surface area contributed by atoms with E-state index in [4.69, 9.17) is 11.6 Å². The zero-order valence-corrected chi connectivity index (χ0v) is 10.1. The van der Waals surface area contributed by atoms with Gasteiger partial charge < -0.3 is 5.32 Å². The van der Waals surface area contributed by atoms with Gasteiger partial charge in [0.1, 0.15) is 0 Å². The third-order valence-corrected chi connectivity index (χ3v) is 3.49. The average molecular weight is 224 g/mol. The number of rotatable bonds is 2. The largest absolute Gasteiger partial charge is 0.382 e. The van der Waals surface area contributed by atoms with Crippen LogP contribution in [0.5, 0.6) is 0 Å². The molecule has 15 heavy (non-hydrogen) atoms. The van der Waals surface area contributed by atoms with Gasteiger partial charge >= 0.3 is 0 Å². The Kier molecular flexibility index (Phi) is 3.20. The molecule has 1 aromatic rings. The Morgan fingerprint density at radius 2 is 2.13 bits per heavy atom. The van der Waals surface area contributed by atoms with Crippen molar-refractivity contribution in [3.05, 3.63) is 28.8 Å². The number of anilines is 1. The first kappa shape index (κ1) is 10.8. The van der Waals surface area contributed by atoms with Gasteiger partial charge in [-0.15, -0.1) is 0 Å². The Morgan fingerprint density at radius 3 is 2.80 bits per heavy atom. The normalized spacial score (nSPS) is 25.5. The zero-order valence-electron chi connectivity index (χ0n) is 9.39. The van der Waals surface area contributed by atoms with Crippen LogP contribution in [0, 0.1) is 12.8 Å². The molecule has 0 amide bonds. The van der Waals surface area contributed by atoms with E-state index in [0.29, 0.717) is 6.04 Å². The van der Waals surface area contributed by atoms with Crippen LogP contribution in [-0.4, -0.2) is 6.04 Å². The summed E-state index contributed by atoms with van der Waals surface area (Å²) in [4.78, 5) is 0. The van der Waals surface area contributed by atoms with Crippen LogP contribution in [-0.2, 0) is 0 Å². The molecule has 1 saturated carbocycles. The van der Waals surface area contributed by atoms with Crippen LogP contribution in [0.15, 0.2) is 18.2 Å². The van der Waals surface area contributed by atoms with Crippen LogP contribution in [0.2, 0.25) is 5.02 Å².